The van der Waals surface area contributed by atoms with Gasteiger partial charge in [0, 0.05) is 34.9 Å². The molecule has 0 atom stereocenters. The molecule has 26 heavy (non-hydrogen) atoms. The summed E-state index contributed by atoms with van der Waals surface area (Å²) in [4.78, 5) is 34.5. The number of hydrogen-bond donors (Lipinski definition) is 2. The van der Waals surface area contributed by atoms with Crippen molar-refractivity contribution in [3.63, 3.8) is 0 Å². The molecule has 0 bridgehead atoms. The average Bonchev–Trinajstić information content (AvgIpc) is 2.83. The Hall–Kier alpha value is -0.650. The van der Waals surface area contributed by atoms with Gasteiger partial charge in [-0.05, 0) is 76.6 Å². The molecule has 0 saturated carbocycles. The number of aryl methyl sites for hydroxylation is 2. The quantitative estimate of drug-likeness (QED) is 0.332. The maximum Gasteiger partial charge on any atom is 0.329 e. The van der Waals surface area contributed by atoms with Crippen LogP contribution in [0.5, 0.6) is 0 Å². The minimum atomic E-state index is -0.924. The zero-order chi connectivity index (χ0) is 19.6. The summed E-state index contributed by atoms with van der Waals surface area (Å²) in [6, 6.07) is 0. The van der Waals surface area contributed by atoms with Crippen LogP contribution in [0.15, 0.2) is 22.7 Å². The minimum Gasteiger partial charge on any atom is -0.481 e. The van der Waals surface area contributed by atoms with Gasteiger partial charge in [-0.2, -0.15) is 0 Å². The molecule has 0 fully saturated rings. The first-order valence-electron chi connectivity index (χ1n) is 7.55. The number of nitrogens with zero attached hydrogens (tertiary/aromatic N) is 2. The first-order chi connectivity index (χ1) is 12.2. The zero-order valence-corrected chi connectivity index (χ0v) is 19.6. The first kappa shape index (κ1) is 21.6. The van der Waals surface area contributed by atoms with Gasteiger partial charge in [0.25, 0.3) is 0 Å². The van der Waals surface area contributed by atoms with Crippen LogP contribution >= 0.6 is 63.7 Å². The van der Waals surface area contributed by atoms with Gasteiger partial charge >= 0.3 is 17.6 Å². The topological polar surface area (TPSA) is 102 Å². The molecule has 11 heteroatoms. The number of rotatable bonds is 8. The number of aromatic nitrogens is 2. The van der Waals surface area contributed by atoms with E-state index < -0.39 is 11.9 Å². The fourth-order valence-corrected chi connectivity index (χ4v) is 5.13. The summed E-state index contributed by atoms with van der Waals surface area (Å²) in [7, 11) is 0. The lowest BCUT2D eigenvalue weighted by Gasteiger charge is -2.10. The molecule has 0 saturated heterocycles. The summed E-state index contributed by atoms with van der Waals surface area (Å²) in [6.45, 7) is 0.485. The van der Waals surface area contributed by atoms with E-state index >= 15 is 0 Å². The second kappa shape index (κ2) is 9.03. The van der Waals surface area contributed by atoms with Gasteiger partial charge in [0.2, 0.25) is 0 Å². The van der Waals surface area contributed by atoms with E-state index in [0.717, 1.165) is 0 Å². The van der Waals surface area contributed by atoms with Crippen LogP contribution in [0.2, 0.25) is 0 Å². The molecule has 1 heterocycles. The smallest absolute Gasteiger partial charge is 0.329 e. The molecule has 0 spiro atoms. The summed E-state index contributed by atoms with van der Waals surface area (Å²) in [5, 5.41) is 17.7. The third kappa shape index (κ3) is 4.42. The maximum atomic E-state index is 12.9. The molecular weight excluding hydrogens is 608 g/mol. The number of halogens is 4. The highest BCUT2D eigenvalue weighted by Gasteiger charge is 2.23. The monoisotopic (exact) mass is 618 g/mol. The van der Waals surface area contributed by atoms with Crippen LogP contribution in [0.4, 0.5) is 0 Å². The van der Waals surface area contributed by atoms with Crippen molar-refractivity contribution in [2.45, 2.75) is 38.8 Å². The summed E-state index contributed by atoms with van der Waals surface area (Å²) in [6.07, 6.45) is 0.520. The predicted molar refractivity (Wildman–Crippen MR) is 111 cm³/mol. The van der Waals surface area contributed by atoms with E-state index in [1.807, 2.05) is 0 Å². The Morgan fingerprint density at radius 3 is 1.38 bits per heavy atom. The van der Waals surface area contributed by atoms with Gasteiger partial charge in [-0.1, -0.05) is 0 Å². The summed E-state index contributed by atoms with van der Waals surface area (Å²) >= 11 is 13.9. The van der Waals surface area contributed by atoms with Gasteiger partial charge in [0.05, 0.1) is 20.0 Å². The Labute approximate surface area is 181 Å². The molecule has 2 aromatic rings. The standard InChI is InChI=1S/C15H14Br4N2O5/c16-9-10(17)12(19)14-13(11(9)18)20(5-1-3-7(22)23)15(26)21(14)6-2-4-8(24)25/h1-6H2,(H,22,23)(H,24,25). The fourth-order valence-electron chi connectivity index (χ4n) is 2.63. The van der Waals surface area contributed by atoms with E-state index in [2.05, 4.69) is 63.7 Å². The predicted octanol–water partition coefficient (Wildman–Crippen LogP) is 4.58. The van der Waals surface area contributed by atoms with E-state index in [-0.39, 0.29) is 31.6 Å². The first-order valence-corrected chi connectivity index (χ1v) is 10.7. The Morgan fingerprint density at radius 2 is 1.08 bits per heavy atom. The number of benzene rings is 1. The molecule has 0 unspecified atom stereocenters. The number of carboxylic acids is 2. The molecular formula is C15H14Br4N2O5. The lowest BCUT2D eigenvalue weighted by atomic mass is 10.2. The van der Waals surface area contributed by atoms with Crippen molar-refractivity contribution in [3.8, 4) is 0 Å². The minimum absolute atomic E-state index is 0.0470. The Kier molecular flexibility index (Phi) is 7.52. The Morgan fingerprint density at radius 1 is 0.731 bits per heavy atom. The summed E-state index contributed by atoms with van der Waals surface area (Å²) < 4.78 is 5.79. The average molecular weight is 622 g/mol. The number of aliphatic carboxylic acids is 2. The molecule has 0 aliphatic carbocycles. The molecule has 0 aliphatic rings. The van der Waals surface area contributed by atoms with Crippen LogP contribution < -0.4 is 5.69 Å². The van der Waals surface area contributed by atoms with E-state index in [4.69, 9.17) is 10.2 Å². The Balaban J connectivity index is 2.62. The maximum absolute atomic E-state index is 12.9. The van der Waals surface area contributed by atoms with Crippen LogP contribution in [0.3, 0.4) is 0 Å². The number of carbonyl (C=O) groups is 2. The number of hydrogen-bond acceptors (Lipinski definition) is 3. The molecule has 142 valence electrons. The van der Waals surface area contributed by atoms with Crippen molar-refractivity contribution in [1.29, 1.82) is 0 Å². The van der Waals surface area contributed by atoms with Gasteiger partial charge in [-0.25, -0.2) is 4.79 Å². The SMILES string of the molecule is O=C(O)CCCn1c(=O)n(CCCC(=O)O)c2c(Br)c(Br)c(Br)c(Br)c21. The van der Waals surface area contributed by atoms with Crippen LogP contribution in [0.1, 0.15) is 25.7 Å². The van der Waals surface area contributed by atoms with Crippen LogP contribution in [-0.2, 0) is 22.7 Å². The van der Waals surface area contributed by atoms with Crippen molar-refractivity contribution in [2.75, 3.05) is 0 Å². The van der Waals surface area contributed by atoms with E-state index in [1.54, 1.807) is 0 Å². The van der Waals surface area contributed by atoms with Gasteiger partial charge < -0.3 is 10.2 Å². The molecule has 1 aromatic carbocycles. The van der Waals surface area contributed by atoms with Gasteiger partial charge in [0.1, 0.15) is 0 Å². The highest BCUT2D eigenvalue weighted by molar-refractivity contribution is 9.15. The highest BCUT2D eigenvalue weighted by atomic mass is 79.9. The second-order valence-electron chi connectivity index (χ2n) is 5.53. The van der Waals surface area contributed by atoms with Crippen LogP contribution in [0, 0.1) is 0 Å². The normalized spacial score (nSPS) is 11.2. The van der Waals surface area contributed by atoms with Gasteiger partial charge in [0.15, 0.2) is 0 Å². The Bertz CT molecular complexity index is 863. The van der Waals surface area contributed by atoms with Crippen LogP contribution in [-0.4, -0.2) is 31.3 Å². The third-order valence-electron chi connectivity index (χ3n) is 3.76. The molecule has 0 radical (unpaired) electrons. The number of imidazole rings is 1. The van der Waals surface area contributed by atoms with E-state index in [0.29, 0.717) is 41.8 Å². The van der Waals surface area contributed by atoms with Crippen molar-refractivity contribution in [1.82, 2.24) is 9.13 Å². The molecule has 2 rings (SSSR count). The fraction of sp³-hybridized carbons (Fsp3) is 0.400. The lowest BCUT2D eigenvalue weighted by molar-refractivity contribution is -0.138. The summed E-state index contributed by atoms with van der Waals surface area (Å²) in [5.74, 6) is -1.85. The van der Waals surface area contributed by atoms with Gasteiger partial charge in [-0.3, -0.25) is 18.7 Å². The van der Waals surface area contributed by atoms with E-state index in [1.165, 1.54) is 9.13 Å². The molecule has 1 aromatic heterocycles. The molecule has 0 aliphatic heterocycles. The third-order valence-corrected chi connectivity index (χ3v) is 8.49. The van der Waals surface area contributed by atoms with Crippen molar-refractivity contribution < 1.29 is 19.8 Å². The van der Waals surface area contributed by atoms with Crippen molar-refractivity contribution in [2.24, 2.45) is 0 Å². The zero-order valence-electron chi connectivity index (χ0n) is 13.3. The largest absolute Gasteiger partial charge is 0.481 e. The van der Waals surface area contributed by atoms with Gasteiger partial charge in [-0.15, -0.1) is 0 Å². The lowest BCUT2D eigenvalue weighted by Crippen LogP contribution is -2.25. The summed E-state index contributed by atoms with van der Waals surface area (Å²) in [5.41, 5.74) is 0.942. The molecule has 0 amide bonds. The second-order valence-corrected chi connectivity index (χ2v) is 8.71. The molecule has 7 nitrogen and oxygen atoms in total. The van der Waals surface area contributed by atoms with Crippen molar-refractivity contribution in [3.05, 3.63) is 28.4 Å². The van der Waals surface area contributed by atoms with Crippen LogP contribution in [0.25, 0.3) is 11.0 Å². The number of carboxylic acid groups (broad SMARTS) is 2. The van der Waals surface area contributed by atoms with Crippen molar-refractivity contribution >= 4 is 86.7 Å². The molecule has 2 N–H and O–H groups in total. The number of fused-ring (bicyclic) bond motifs is 1. The highest BCUT2D eigenvalue weighted by Crippen LogP contribution is 2.43. The van der Waals surface area contributed by atoms with E-state index in [9.17, 15) is 14.4 Å².